The summed E-state index contributed by atoms with van der Waals surface area (Å²) in [6.07, 6.45) is 2.42. The Morgan fingerprint density at radius 3 is 3.00 bits per heavy atom. The number of carbonyl (C=O) groups is 1. The van der Waals surface area contributed by atoms with Gasteiger partial charge in [-0.15, -0.1) is 0 Å². The highest BCUT2D eigenvalue weighted by Gasteiger charge is 2.30. The van der Waals surface area contributed by atoms with Crippen molar-refractivity contribution in [3.8, 4) is 0 Å². The number of amides is 1. The topological polar surface area (TPSA) is 33.2 Å². The van der Waals surface area contributed by atoms with Crippen molar-refractivity contribution in [2.24, 2.45) is 5.92 Å². The number of halogens is 1. The van der Waals surface area contributed by atoms with Crippen molar-refractivity contribution in [2.75, 3.05) is 16.8 Å². The number of hydrogen-bond acceptors (Lipinski definition) is 2. The SMILES string of the molecule is Cc1ccc(N2CC(CBr)CC2=O)c2cccnc12. The highest BCUT2D eigenvalue weighted by Crippen LogP contribution is 2.32. The summed E-state index contributed by atoms with van der Waals surface area (Å²) < 4.78 is 0. The Kier molecular flexibility index (Phi) is 3.27. The monoisotopic (exact) mass is 318 g/mol. The van der Waals surface area contributed by atoms with Crippen LogP contribution >= 0.6 is 15.9 Å². The third kappa shape index (κ3) is 2.14. The number of alkyl halides is 1. The van der Waals surface area contributed by atoms with Gasteiger partial charge >= 0.3 is 0 Å². The Labute approximate surface area is 120 Å². The second-order valence-electron chi connectivity index (χ2n) is 5.03. The molecular weight excluding hydrogens is 304 g/mol. The quantitative estimate of drug-likeness (QED) is 0.796. The van der Waals surface area contributed by atoms with Crippen molar-refractivity contribution in [3.05, 3.63) is 36.0 Å². The van der Waals surface area contributed by atoms with E-state index in [0.717, 1.165) is 34.0 Å². The Balaban J connectivity index is 2.11. The van der Waals surface area contributed by atoms with Gasteiger partial charge < -0.3 is 4.90 Å². The first-order valence-electron chi connectivity index (χ1n) is 6.41. The molecule has 1 fully saturated rings. The number of pyridine rings is 1. The van der Waals surface area contributed by atoms with Crippen LogP contribution in [-0.4, -0.2) is 22.8 Å². The molecule has 1 aliphatic rings. The van der Waals surface area contributed by atoms with Crippen LogP contribution in [0, 0.1) is 12.8 Å². The number of anilines is 1. The molecule has 0 N–H and O–H groups in total. The van der Waals surface area contributed by atoms with E-state index < -0.39 is 0 Å². The second kappa shape index (κ2) is 4.93. The number of aromatic nitrogens is 1. The molecule has 1 atom stereocenters. The van der Waals surface area contributed by atoms with E-state index in [9.17, 15) is 4.79 Å². The molecule has 4 heteroatoms. The molecule has 0 bridgehead atoms. The van der Waals surface area contributed by atoms with Crippen molar-refractivity contribution >= 4 is 38.4 Å². The van der Waals surface area contributed by atoms with E-state index in [-0.39, 0.29) is 5.91 Å². The molecule has 19 heavy (non-hydrogen) atoms. The van der Waals surface area contributed by atoms with Crippen molar-refractivity contribution in [1.29, 1.82) is 0 Å². The first-order chi connectivity index (χ1) is 9.20. The van der Waals surface area contributed by atoms with Crippen molar-refractivity contribution < 1.29 is 4.79 Å². The maximum absolute atomic E-state index is 12.2. The molecule has 0 aliphatic carbocycles. The summed E-state index contributed by atoms with van der Waals surface area (Å²) in [4.78, 5) is 18.5. The summed E-state index contributed by atoms with van der Waals surface area (Å²) in [7, 11) is 0. The van der Waals surface area contributed by atoms with Crippen LogP contribution in [0.2, 0.25) is 0 Å². The van der Waals surface area contributed by atoms with Gasteiger partial charge in [-0.05, 0) is 36.6 Å². The summed E-state index contributed by atoms with van der Waals surface area (Å²) in [6, 6.07) is 8.04. The lowest BCUT2D eigenvalue weighted by atomic mass is 10.1. The highest BCUT2D eigenvalue weighted by atomic mass is 79.9. The van der Waals surface area contributed by atoms with E-state index in [4.69, 9.17) is 0 Å². The van der Waals surface area contributed by atoms with Gasteiger partial charge in [-0.3, -0.25) is 9.78 Å². The molecule has 1 unspecified atom stereocenters. The summed E-state index contributed by atoms with van der Waals surface area (Å²) in [5, 5.41) is 1.93. The lowest BCUT2D eigenvalue weighted by Gasteiger charge is -2.19. The lowest BCUT2D eigenvalue weighted by molar-refractivity contribution is -0.117. The Morgan fingerprint density at radius 2 is 2.26 bits per heavy atom. The standard InChI is InChI=1S/C15H15BrN2O/c1-10-4-5-13(12-3-2-6-17-15(10)12)18-9-11(8-16)7-14(18)19/h2-6,11H,7-9H2,1H3. The number of fused-ring (bicyclic) bond motifs is 1. The average molecular weight is 319 g/mol. The number of benzene rings is 1. The number of hydrogen-bond donors (Lipinski definition) is 0. The lowest BCUT2D eigenvalue weighted by Crippen LogP contribution is -2.25. The largest absolute Gasteiger partial charge is 0.311 e. The molecule has 1 aliphatic heterocycles. The van der Waals surface area contributed by atoms with E-state index in [1.54, 1.807) is 6.20 Å². The molecule has 1 aromatic heterocycles. The van der Waals surface area contributed by atoms with E-state index in [2.05, 4.69) is 20.9 Å². The van der Waals surface area contributed by atoms with E-state index in [1.807, 2.05) is 36.1 Å². The molecule has 2 aromatic rings. The minimum atomic E-state index is 0.207. The van der Waals surface area contributed by atoms with E-state index in [1.165, 1.54) is 0 Å². The van der Waals surface area contributed by atoms with Gasteiger partial charge in [0.1, 0.15) is 0 Å². The van der Waals surface area contributed by atoms with Gasteiger partial charge in [-0.2, -0.15) is 0 Å². The Hall–Kier alpha value is -1.42. The number of aryl methyl sites for hydroxylation is 1. The number of nitrogens with zero attached hydrogens (tertiary/aromatic N) is 2. The molecule has 3 rings (SSSR count). The van der Waals surface area contributed by atoms with Crippen LogP contribution in [0.5, 0.6) is 0 Å². The normalized spacial score (nSPS) is 19.4. The molecule has 0 saturated carbocycles. The zero-order valence-electron chi connectivity index (χ0n) is 10.8. The smallest absolute Gasteiger partial charge is 0.227 e. The molecule has 3 nitrogen and oxygen atoms in total. The minimum Gasteiger partial charge on any atom is -0.311 e. The average Bonchev–Trinajstić information content (AvgIpc) is 2.81. The fourth-order valence-corrected chi connectivity index (χ4v) is 3.09. The predicted molar refractivity (Wildman–Crippen MR) is 80.7 cm³/mol. The summed E-state index contributed by atoms with van der Waals surface area (Å²) in [6.45, 7) is 2.84. The highest BCUT2D eigenvalue weighted by molar-refractivity contribution is 9.09. The van der Waals surface area contributed by atoms with Gasteiger partial charge in [0.25, 0.3) is 0 Å². The molecule has 0 spiro atoms. The fourth-order valence-electron chi connectivity index (χ4n) is 2.65. The van der Waals surface area contributed by atoms with E-state index in [0.29, 0.717) is 12.3 Å². The molecule has 98 valence electrons. The maximum atomic E-state index is 12.2. The third-order valence-corrected chi connectivity index (χ3v) is 4.58. The molecule has 1 aromatic carbocycles. The van der Waals surface area contributed by atoms with Crippen molar-refractivity contribution in [1.82, 2.24) is 4.98 Å². The predicted octanol–water partition coefficient (Wildman–Crippen LogP) is 3.29. The van der Waals surface area contributed by atoms with Crippen molar-refractivity contribution in [2.45, 2.75) is 13.3 Å². The fraction of sp³-hybridized carbons (Fsp3) is 0.333. The van der Waals surface area contributed by atoms with Crippen LogP contribution in [0.4, 0.5) is 5.69 Å². The van der Waals surface area contributed by atoms with Crippen molar-refractivity contribution in [3.63, 3.8) is 0 Å². The summed E-state index contributed by atoms with van der Waals surface area (Å²) >= 11 is 3.47. The van der Waals surface area contributed by atoms with Gasteiger partial charge in [0, 0.05) is 29.9 Å². The van der Waals surface area contributed by atoms with Crippen LogP contribution in [0.1, 0.15) is 12.0 Å². The van der Waals surface area contributed by atoms with Crippen LogP contribution in [0.25, 0.3) is 10.9 Å². The zero-order valence-corrected chi connectivity index (χ0v) is 12.4. The van der Waals surface area contributed by atoms with Crippen LogP contribution in [-0.2, 0) is 4.79 Å². The molecule has 2 heterocycles. The maximum Gasteiger partial charge on any atom is 0.227 e. The second-order valence-corrected chi connectivity index (χ2v) is 5.68. The molecular formula is C15H15BrN2O. The minimum absolute atomic E-state index is 0.207. The van der Waals surface area contributed by atoms with Gasteiger partial charge in [-0.1, -0.05) is 22.0 Å². The number of carbonyl (C=O) groups excluding carboxylic acids is 1. The van der Waals surface area contributed by atoms with E-state index >= 15 is 0 Å². The van der Waals surface area contributed by atoms with Gasteiger partial charge in [0.15, 0.2) is 0 Å². The summed E-state index contributed by atoms with van der Waals surface area (Å²) in [5.74, 6) is 0.610. The summed E-state index contributed by atoms with van der Waals surface area (Å²) in [5.41, 5.74) is 3.11. The molecule has 1 amide bonds. The van der Waals surface area contributed by atoms with Crippen LogP contribution in [0.3, 0.4) is 0 Å². The zero-order chi connectivity index (χ0) is 13.4. The number of rotatable bonds is 2. The third-order valence-electron chi connectivity index (χ3n) is 3.66. The van der Waals surface area contributed by atoms with Gasteiger partial charge in [0.05, 0.1) is 11.2 Å². The first kappa shape index (κ1) is 12.6. The van der Waals surface area contributed by atoms with Crippen LogP contribution in [0.15, 0.2) is 30.5 Å². The van der Waals surface area contributed by atoms with Gasteiger partial charge in [-0.25, -0.2) is 0 Å². The molecule has 1 saturated heterocycles. The molecule has 0 radical (unpaired) electrons. The Bertz CT molecular complexity index is 641. The first-order valence-corrected chi connectivity index (χ1v) is 7.53. The van der Waals surface area contributed by atoms with Gasteiger partial charge in [0.2, 0.25) is 5.91 Å². The Morgan fingerprint density at radius 1 is 1.42 bits per heavy atom. The van der Waals surface area contributed by atoms with Crippen LogP contribution < -0.4 is 4.90 Å².